The van der Waals surface area contributed by atoms with E-state index in [0.717, 1.165) is 0 Å². The third kappa shape index (κ3) is 2.07. The van der Waals surface area contributed by atoms with Crippen LogP contribution in [-0.4, -0.2) is 36.1 Å². The van der Waals surface area contributed by atoms with Gasteiger partial charge in [0, 0.05) is 5.69 Å². The molecule has 0 unspecified atom stereocenters. The fourth-order valence-electron chi connectivity index (χ4n) is 2.01. The molecule has 0 aliphatic heterocycles. The number of aromatic nitrogens is 2. The minimum absolute atomic E-state index is 0.0915. The van der Waals surface area contributed by atoms with Crippen LogP contribution in [0.15, 0.2) is 10.8 Å². The molecule has 7 heteroatoms. The molecule has 0 atom stereocenters. The summed E-state index contributed by atoms with van der Waals surface area (Å²) in [6, 6.07) is 0. The molecule has 2 rings (SSSR count). The van der Waals surface area contributed by atoms with Crippen LogP contribution in [0.1, 0.15) is 32.2 Å². The highest BCUT2D eigenvalue weighted by molar-refractivity contribution is 6.08. The number of oxazole rings is 1. The number of carbonyl (C=O) groups is 2. The number of rotatable bonds is 3. The van der Waals surface area contributed by atoms with Gasteiger partial charge >= 0.3 is 11.9 Å². The fraction of sp³-hybridized carbons (Fsp3) is 0.308. The third-order valence-corrected chi connectivity index (χ3v) is 2.95. The van der Waals surface area contributed by atoms with Gasteiger partial charge in [-0.3, -0.25) is 0 Å². The van der Waals surface area contributed by atoms with Crippen LogP contribution < -0.4 is 0 Å². The molecule has 2 aromatic rings. The molecule has 0 aromatic carbocycles. The Morgan fingerprint density at radius 2 is 1.75 bits per heavy atom. The standard InChI is InChI=1S/C13H14N2O5/c1-6-8(12(16)18-3)9(13(17)19-4)11(15-6)10-7(2)20-5-14-10/h5,15H,1-4H3. The molecule has 0 saturated heterocycles. The van der Waals surface area contributed by atoms with Crippen molar-refractivity contribution in [3.8, 4) is 11.4 Å². The first-order valence-electron chi connectivity index (χ1n) is 5.80. The summed E-state index contributed by atoms with van der Waals surface area (Å²) >= 11 is 0. The van der Waals surface area contributed by atoms with E-state index in [1.807, 2.05) is 0 Å². The van der Waals surface area contributed by atoms with E-state index >= 15 is 0 Å². The molecule has 1 N–H and O–H groups in total. The molecule has 0 amide bonds. The fourth-order valence-corrected chi connectivity index (χ4v) is 2.01. The zero-order valence-corrected chi connectivity index (χ0v) is 11.6. The van der Waals surface area contributed by atoms with Gasteiger partial charge in [-0.25, -0.2) is 14.6 Å². The summed E-state index contributed by atoms with van der Waals surface area (Å²) in [5.74, 6) is -0.744. The summed E-state index contributed by atoms with van der Waals surface area (Å²) in [6.07, 6.45) is 1.26. The Kier molecular flexibility index (Phi) is 3.60. The first-order valence-corrected chi connectivity index (χ1v) is 5.80. The maximum absolute atomic E-state index is 12.0. The lowest BCUT2D eigenvalue weighted by atomic mass is 10.1. The molecule has 0 fully saturated rings. The maximum Gasteiger partial charge on any atom is 0.341 e. The number of nitrogens with one attached hydrogen (secondary N) is 1. The molecule has 0 spiro atoms. The second-order valence-corrected chi connectivity index (χ2v) is 4.12. The molecular weight excluding hydrogens is 264 g/mol. The van der Waals surface area contributed by atoms with E-state index in [0.29, 0.717) is 22.8 Å². The van der Waals surface area contributed by atoms with Gasteiger partial charge in [0.25, 0.3) is 0 Å². The topological polar surface area (TPSA) is 94.4 Å². The molecule has 0 bridgehead atoms. The first kappa shape index (κ1) is 13.9. The first-order chi connectivity index (χ1) is 9.51. The predicted molar refractivity (Wildman–Crippen MR) is 68.4 cm³/mol. The Morgan fingerprint density at radius 3 is 2.25 bits per heavy atom. The van der Waals surface area contributed by atoms with E-state index in [9.17, 15) is 9.59 Å². The van der Waals surface area contributed by atoms with E-state index in [4.69, 9.17) is 13.9 Å². The normalized spacial score (nSPS) is 10.4. The summed E-state index contributed by atoms with van der Waals surface area (Å²) in [5.41, 5.74) is 1.55. The van der Waals surface area contributed by atoms with Crippen LogP contribution in [0.4, 0.5) is 0 Å². The van der Waals surface area contributed by atoms with Crippen molar-refractivity contribution in [2.45, 2.75) is 13.8 Å². The molecule has 0 aliphatic carbocycles. The van der Waals surface area contributed by atoms with Crippen molar-refractivity contribution in [3.63, 3.8) is 0 Å². The lowest BCUT2D eigenvalue weighted by molar-refractivity contribution is 0.0556. The summed E-state index contributed by atoms with van der Waals surface area (Å²) < 4.78 is 14.6. The number of H-pyrrole nitrogens is 1. The van der Waals surface area contributed by atoms with Gasteiger partial charge in [-0.1, -0.05) is 0 Å². The number of nitrogens with zero attached hydrogens (tertiary/aromatic N) is 1. The highest BCUT2D eigenvalue weighted by atomic mass is 16.5. The number of aromatic amines is 1. The van der Waals surface area contributed by atoms with Crippen molar-refractivity contribution in [1.29, 1.82) is 0 Å². The van der Waals surface area contributed by atoms with Crippen LogP contribution in [0.25, 0.3) is 11.4 Å². The molecule has 7 nitrogen and oxygen atoms in total. The Balaban J connectivity index is 2.73. The van der Waals surface area contributed by atoms with Crippen LogP contribution in [-0.2, 0) is 9.47 Å². The SMILES string of the molecule is COC(=O)c1c(C)[nH]c(-c2ncoc2C)c1C(=O)OC. The molecular formula is C13H14N2O5. The number of ether oxygens (including phenoxy) is 2. The summed E-state index contributed by atoms with van der Waals surface area (Å²) in [5, 5.41) is 0. The second-order valence-electron chi connectivity index (χ2n) is 4.12. The molecule has 20 heavy (non-hydrogen) atoms. The average Bonchev–Trinajstić information content (AvgIpc) is 3.00. The Labute approximate surface area is 114 Å². The molecule has 0 radical (unpaired) electrons. The van der Waals surface area contributed by atoms with Crippen LogP contribution in [0.5, 0.6) is 0 Å². The second kappa shape index (κ2) is 5.20. The van der Waals surface area contributed by atoms with Gasteiger partial charge in [-0.05, 0) is 13.8 Å². The van der Waals surface area contributed by atoms with E-state index in [1.54, 1.807) is 13.8 Å². The predicted octanol–water partition coefficient (Wildman–Crippen LogP) is 1.86. The zero-order chi connectivity index (χ0) is 14.9. The molecule has 0 aliphatic rings. The highest BCUT2D eigenvalue weighted by Crippen LogP contribution is 2.30. The van der Waals surface area contributed by atoms with Crippen molar-refractivity contribution in [1.82, 2.24) is 9.97 Å². The zero-order valence-electron chi connectivity index (χ0n) is 11.6. The number of methoxy groups -OCH3 is 2. The van der Waals surface area contributed by atoms with Crippen molar-refractivity contribution < 1.29 is 23.5 Å². The van der Waals surface area contributed by atoms with Crippen molar-refractivity contribution >= 4 is 11.9 Å². The van der Waals surface area contributed by atoms with E-state index in [-0.39, 0.29) is 11.1 Å². The number of hydrogen-bond acceptors (Lipinski definition) is 6. The minimum Gasteiger partial charge on any atom is -0.465 e. The Bertz CT molecular complexity index is 668. The number of hydrogen-bond donors (Lipinski definition) is 1. The van der Waals surface area contributed by atoms with Gasteiger partial charge < -0.3 is 18.9 Å². The van der Waals surface area contributed by atoms with Crippen LogP contribution in [0.2, 0.25) is 0 Å². The Morgan fingerprint density at radius 1 is 1.15 bits per heavy atom. The van der Waals surface area contributed by atoms with Crippen LogP contribution >= 0.6 is 0 Å². The van der Waals surface area contributed by atoms with E-state index < -0.39 is 11.9 Å². The largest absolute Gasteiger partial charge is 0.465 e. The molecule has 106 valence electrons. The van der Waals surface area contributed by atoms with Gasteiger partial charge in [0.05, 0.1) is 25.5 Å². The van der Waals surface area contributed by atoms with Gasteiger partial charge in [-0.15, -0.1) is 0 Å². The highest BCUT2D eigenvalue weighted by Gasteiger charge is 2.29. The molecule has 2 heterocycles. The Hall–Kier alpha value is -2.57. The summed E-state index contributed by atoms with van der Waals surface area (Å²) in [4.78, 5) is 30.8. The molecule has 2 aromatic heterocycles. The van der Waals surface area contributed by atoms with Gasteiger partial charge in [0.1, 0.15) is 17.0 Å². The van der Waals surface area contributed by atoms with Crippen molar-refractivity contribution in [3.05, 3.63) is 29.0 Å². The van der Waals surface area contributed by atoms with E-state index in [1.165, 1.54) is 20.6 Å². The minimum atomic E-state index is -0.646. The lowest BCUT2D eigenvalue weighted by Crippen LogP contribution is -2.11. The summed E-state index contributed by atoms with van der Waals surface area (Å²) in [6.45, 7) is 3.37. The number of carbonyl (C=O) groups excluding carboxylic acids is 2. The lowest BCUT2D eigenvalue weighted by Gasteiger charge is -2.03. The van der Waals surface area contributed by atoms with Crippen LogP contribution in [0.3, 0.4) is 0 Å². The maximum atomic E-state index is 12.0. The van der Waals surface area contributed by atoms with Gasteiger partial charge in [-0.2, -0.15) is 0 Å². The number of aryl methyl sites for hydroxylation is 2. The smallest absolute Gasteiger partial charge is 0.341 e. The van der Waals surface area contributed by atoms with E-state index in [2.05, 4.69) is 9.97 Å². The average molecular weight is 278 g/mol. The number of esters is 2. The van der Waals surface area contributed by atoms with Crippen molar-refractivity contribution in [2.75, 3.05) is 14.2 Å². The molecule has 0 saturated carbocycles. The van der Waals surface area contributed by atoms with Crippen molar-refractivity contribution in [2.24, 2.45) is 0 Å². The van der Waals surface area contributed by atoms with Gasteiger partial charge in [0.2, 0.25) is 0 Å². The van der Waals surface area contributed by atoms with Gasteiger partial charge in [0.15, 0.2) is 6.39 Å². The van der Waals surface area contributed by atoms with Crippen LogP contribution in [0, 0.1) is 13.8 Å². The third-order valence-electron chi connectivity index (χ3n) is 2.95. The quantitative estimate of drug-likeness (QED) is 0.861. The summed E-state index contributed by atoms with van der Waals surface area (Å²) in [7, 11) is 2.49. The monoisotopic (exact) mass is 278 g/mol.